The molecule has 6 nitrogen and oxygen atoms in total. The standard InChI is InChI=1S/C23H19N3O3/c1-2-16-6-3-4-8-21(16)25-22(27)18(15-24)14-20-7-5-13-26(20)19-11-9-17(10-12-19)23(28)29/h3-14H,2H2,1H3,(H,25,27)(H,28,29)/b18-14-. The molecule has 3 rings (SSSR count). The largest absolute Gasteiger partial charge is 0.478 e. The number of amides is 1. The van der Waals surface area contributed by atoms with Gasteiger partial charge in [0.25, 0.3) is 5.91 Å². The smallest absolute Gasteiger partial charge is 0.335 e. The van der Waals surface area contributed by atoms with Crippen LogP contribution in [0.5, 0.6) is 0 Å². The topological polar surface area (TPSA) is 95.1 Å². The van der Waals surface area contributed by atoms with Crippen molar-refractivity contribution < 1.29 is 14.7 Å². The van der Waals surface area contributed by atoms with Crippen molar-refractivity contribution in [3.63, 3.8) is 0 Å². The van der Waals surface area contributed by atoms with Gasteiger partial charge in [-0.1, -0.05) is 25.1 Å². The molecule has 0 aliphatic rings. The summed E-state index contributed by atoms with van der Waals surface area (Å²) in [6, 6.07) is 19.3. The molecule has 1 aromatic heterocycles. The van der Waals surface area contributed by atoms with Gasteiger partial charge >= 0.3 is 5.97 Å². The summed E-state index contributed by atoms with van der Waals surface area (Å²) >= 11 is 0. The second kappa shape index (κ2) is 8.72. The van der Waals surface area contributed by atoms with Crippen LogP contribution in [0.1, 0.15) is 28.5 Å². The van der Waals surface area contributed by atoms with Crippen LogP contribution in [0.25, 0.3) is 11.8 Å². The number of hydrogen-bond donors (Lipinski definition) is 2. The molecule has 0 spiro atoms. The van der Waals surface area contributed by atoms with Gasteiger partial charge in [0.15, 0.2) is 0 Å². The summed E-state index contributed by atoms with van der Waals surface area (Å²) in [4.78, 5) is 23.7. The molecule has 0 bridgehead atoms. The number of aromatic nitrogens is 1. The van der Waals surface area contributed by atoms with Crippen LogP contribution in [0, 0.1) is 11.3 Å². The van der Waals surface area contributed by atoms with Gasteiger partial charge in [0.2, 0.25) is 0 Å². The maximum atomic E-state index is 12.6. The van der Waals surface area contributed by atoms with Crippen molar-refractivity contribution >= 4 is 23.6 Å². The number of nitrogens with one attached hydrogen (secondary N) is 1. The molecule has 0 aliphatic carbocycles. The van der Waals surface area contributed by atoms with Crippen molar-refractivity contribution in [3.8, 4) is 11.8 Å². The van der Waals surface area contributed by atoms with Gasteiger partial charge in [-0.15, -0.1) is 0 Å². The van der Waals surface area contributed by atoms with Crippen LogP contribution in [0.4, 0.5) is 5.69 Å². The molecule has 144 valence electrons. The number of carboxylic acids is 1. The van der Waals surface area contributed by atoms with E-state index >= 15 is 0 Å². The fourth-order valence-corrected chi connectivity index (χ4v) is 2.95. The number of rotatable bonds is 6. The predicted molar refractivity (Wildman–Crippen MR) is 111 cm³/mol. The summed E-state index contributed by atoms with van der Waals surface area (Å²) in [6.07, 6.45) is 4.05. The zero-order valence-electron chi connectivity index (χ0n) is 15.8. The van der Waals surface area contributed by atoms with Crippen molar-refractivity contribution in [1.82, 2.24) is 4.57 Å². The maximum absolute atomic E-state index is 12.6. The van der Waals surface area contributed by atoms with Gasteiger partial charge in [0.1, 0.15) is 11.6 Å². The summed E-state index contributed by atoms with van der Waals surface area (Å²) in [5.41, 5.74) is 3.17. The number of nitriles is 1. The quantitative estimate of drug-likeness (QED) is 0.489. The number of carbonyl (C=O) groups is 2. The van der Waals surface area contributed by atoms with Gasteiger partial charge in [-0.3, -0.25) is 4.79 Å². The number of benzene rings is 2. The Bertz CT molecular complexity index is 1120. The molecule has 0 unspecified atom stereocenters. The van der Waals surface area contributed by atoms with E-state index in [1.807, 2.05) is 31.2 Å². The number of nitrogens with zero attached hydrogens (tertiary/aromatic N) is 2. The van der Waals surface area contributed by atoms with Crippen LogP contribution in [0.3, 0.4) is 0 Å². The summed E-state index contributed by atoms with van der Waals surface area (Å²) in [5.74, 6) is -1.48. The average Bonchev–Trinajstić information content (AvgIpc) is 3.20. The van der Waals surface area contributed by atoms with E-state index in [0.29, 0.717) is 11.4 Å². The number of aromatic carboxylic acids is 1. The van der Waals surface area contributed by atoms with Crippen LogP contribution < -0.4 is 5.32 Å². The highest BCUT2D eigenvalue weighted by molar-refractivity contribution is 6.09. The summed E-state index contributed by atoms with van der Waals surface area (Å²) in [7, 11) is 0. The van der Waals surface area contributed by atoms with Gasteiger partial charge in [0.05, 0.1) is 5.56 Å². The molecule has 6 heteroatoms. The Hall–Kier alpha value is -4.11. The Labute approximate surface area is 168 Å². The lowest BCUT2D eigenvalue weighted by atomic mass is 10.1. The number of carbonyl (C=O) groups excluding carboxylic acids is 1. The third-order valence-corrected chi connectivity index (χ3v) is 4.48. The van der Waals surface area contributed by atoms with E-state index in [0.717, 1.165) is 17.7 Å². The Kier molecular flexibility index (Phi) is 5.91. The number of hydrogen-bond acceptors (Lipinski definition) is 3. The third kappa shape index (κ3) is 4.42. The molecule has 29 heavy (non-hydrogen) atoms. The Balaban J connectivity index is 1.89. The highest BCUT2D eigenvalue weighted by atomic mass is 16.4. The van der Waals surface area contributed by atoms with E-state index in [9.17, 15) is 14.9 Å². The molecule has 2 N–H and O–H groups in total. The van der Waals surface area contributed by atoms with Crippen LogP contribution in [-0.2, 0) is 11.2 Å². The summed E-state index contributed by atoms with van der Waals surface area (Å²) in [6.45, 7) is 1.99. The molecule has 0 saturated heterocycles. The van der Waals surface area contributed by atoms with E-state index in [2.05, 4.69) is 5.32 Å². The van der Waals surface area contributed by atoms with Crippen molar-refractivity contribution in [1.29, 1.82) is 5.26 Å². The van der Waals surface area contributed by atoms with Gasteiger partial charge in [-0.25, -0.2) is 4.79 Å². The van der Waals surface area contributed by atoms with Gasteiger partial charge < -0.3 is 15.0 Å². The maximum Gasteiger partial charge on any atom is 0.335 e. The van der Waals surface area contributed by atoms with Crippen LogP contribution >= 0.6 is 0 Å². The van der Waals surface area contributed by atoms with Crippen molar-refractivity contribution in [2.75, 3.05) is 5.32 Å². The third-order valence-electron chi connectivity index (χ3n) is 4.48. The van der Waals surface area contributed by atoms with Crippen molar-refractivity contribution in [2.45, 2.75) is 13.3 Å². The molecule has 0 fully saturated rings. The number of aryl methyl sites for hydroxylation is 1. The lowest BCUT2D eigenvalue weighted by Gasteiger charge is -2.10. The summed E-state index contributed by atoms with van der Waals surface area (Å²) in [5, 5.41) is 21.3. The predicted octanol–water partition coefficient (Wildman–Crippen LogP) is 4.28. The molecule has 1 amide bonds. The van der Waals surface area contributed by atoms with Crippen molar-refractivity contribution in [3.05, 3.63) is 89.3 Å². The second-order valence-corrected chi connectivity index (χ2v) is 6.29. The second-order valence-electron chi connectivity index (χ2n) is 6.29. The number of carboxylic acid groups (broad SMARTS) is 1. The minimum Gasteiger partial charge on any atom is -0.478 e. The zero-order valence-corrected chi connectivity index (χ0v) is 15.8. The van der Waals surface area contributed by atoms with E-state index in [-0.39, 0.29) is 11.1 Å². The molecule has 0 radical (unpaired) electrons. The number of para-hydroxylation sites is 1. The van der Waals surface area contributed by atoms with E-state index < -0.39 is 11.9 Å². The Morgan fingerprint density at radius 3 is 2.48 bits per heavy atom. The van der Waals surface area contributed by atoms with Crippen molar-refractivity contribution in [2.24, 2.45) is 0 Å². The minimum atomic E-state index is -1.00. The molecule has 0 saturated carbocycles. The highest BCUT2D eigenvalue weighted by Gasteiger charge is 2.13. The Morgan fingerprint density at radius 2 is 1.83 bits per heavy atom. The summed E-state index contributed by atoms with van der Waals surface area (Å²) < 4.78 is 1.77. The molecule has 2 aromatic carbocycles. The normalized spacial score (nSPS) is 11.0. The monoisotopic (exact) mass is 385 g/mol. The first-order chi connectivity index (χ1) is 14.0. The first-order valence-electron chi connectivity index (χ1n) is 9.05. The zero-order chi connectivity index (χ0) is 20.8. The number of anilines is 1. The molecular weight excluding hydrogens is 366 g/mol. The highest BCUT2D eigenvalue weighted by Crippen LogP contribution is 2.19. The molecule has 0 atom stereocenters. The van der Waals surface area contributed by atoms with Gasteiger partial charge in [0, 0.05) is 23.3 Å². The van der Waals surface area contributed by atoms with Gasteiger partial charge in [-0.2, -0.15) is 5.26 Å². The molecule has 0 aliphatic heterocycles. The lowest BCUT2D eigenvalue weighted by Crippen LogP contribution is -2.15. The first-order valence-corrected chi connectivity index (χ1v) is 9.05. The van der Waals surface area contributed by atoms with Crippen LogP contribution in [-0.4, -0.2) is 21.6 Å². The lowest BCUT2D eigenvalue weighted by molar-refractivity contribution is -0.112. The van der Waals surface area contributed by atoms with E-state index in [1.54, 1.807) is 41.1 Å². The Morgan fingerprint density at radius 1 is 1.10 bits per heavy atom. The first kappa shape index (κ1) is 19.6. The average molecular weight is 385 g/mol. The fourth-order valence-electron chi connectivity index (χ4n) is 2.95. The van der Waals surface area contributed by atoms with Crippen LogP contribution in [0.15, 0.2) is 72.4 Å². The van der Waals surface area contributed by atoms with Crippen LogP contribution in [0.2, 0.25) is 0 Å². The van der Waals surface area contributed by atoms with E-state index in [4.69, 9.17) is 5.11 Å². The molecule has 1 heterocycles. The molecular formula is C23H19N3O3. The fraction of sp³-hybridized carbons (Fsp3) is 0.0870. The minimum absolute atomic E-state index is 0.0296. The van der Waals surface area contributed by atoms with E-state index in [1.165, 1.54) is 18.2 Å². The molecule has 3 aromatic rings. The SMILES string of the molecule is CCc1ccccc1NC(=O)/C(C#N)=C\c1cccn1-c1ccc(C(=O)O)cc1. The van der Waals surface area contributed by atoms with Gasteiger partial charge in [-0.05, 0) is 60.5 Å².